The summed E-state index contributed by atoms with van der Waals surface area (Å²) in [6.45, 7) is 14.2. The molecule has 0 bridgehead atoms. The molecule has 2 atom stereocenters. The topological polar surface area (TPSA) is 53.1 Å². The van der Waals surface area contributed by atoms with E-state index in [1.54, 1.807) is 6.07 Å². The van der Waals surface area contributed by atoms with Crippen LogP contribution in [-0.4, -0.2) is 71.9 Å². The highest BCUT2D eigenvalue weighted by atomic mass is 19.1. The van der Waals surface area contributed by atoms with Crippen molar-refractivity contribution < 1.29 is 18.7 Å². The molecule has 0 unspecified atom stereocenters. The number of piperazine rings is 1. The van der Waals surface area contributed by atoms with Crippen LogP contribution < -0.4 is 4.74 Å². The van der Waals surface area contributed by atoms with Gasteiger partial charge in [-0.15, -0.1) is 6.58 Å². The molecule has 0 radical (unpaired) electrons. The van der Waals surface area contributed by atoms with Gasteiger partial charge < -0.3 is 14.5 Å². The van der Waals surface area contributed by atoms with Gasteiger partial charge in [0.25, 0.3) is 5.91 Å². The Kier molecular flexibility index (Phi) is 9.21. The van der Waals surface area contributed by atoms with E-state index in [9.17, 15) is 14.0 Å². The lowest BCUT2D eigenvalue weighted by molar-refractivity contribution is -0.140. The number of rotatable bonds is 9. The fourth-order valence-corrected chi connectivity index (χ4v) is 5.45. The molecule has 4 rings (SSSR count). The number of fused-ring (bicyclic) bond motifs is 1. The highest BCUT2D eigenvalue weighted by Gasteiger charge is 2.33. The van der Waals surface area contributed by atoms with Gasteiger partial charge in [0.15, 0.2) is 6.10 Å². The molecule has 2 aromatic carbocycles. The minimum atomic E-state index is -0.589. The van der Waals surface area contributed by atoms with Crippen LogP contribution in [0.25, 0.3) is 0 Å². The third-order valence-electron chi connectivity index (χ3n) is 7.41. The maximum Gasteiger partial charge on any atom is 0.263 e. The van der Waals surface area contributed by atoms with Crippen LogP contribution in [0, 0.1) is 11.7 Å². The van der Waals surface area contributed by atoms with Crippen molar-refractivity contribution in [2.45, 2.75) is 52.2 Å². The summed E-state index contributed by atoms with van der Waals surface area (Å²) in [5, 5.41) is 0. The third kappa shape index (κ3) is 6.44. The van der Waals surface area contributed by atoms with Gasteiger partial charge in [-0.3, -0.25) is 14.5 Å². The van der Waals surface area contributed by atoms with Crippen LogP contribution in [0.3, 0.4) is 0 Å². The molecule has 204 valence electrons. The lowest BCUT2D eigenvalue weighted by atomic mass is 9.87. The molecule has 0 aliphatic carbocycles. The average Bonchev–Trinajstić information content (AvgIpc) is 2.90. The first kappa shape index (κ1) is 27.8. The zero-order valence-electron chi connectivity index (χ0n) is 22.9. The van der Waals surface area contributed by atoms with E-state index in [1.165, 1.54) is 12.1 Å². The van der Waals surface area contributed by atoms with Gasteiger partial charge in [-0.1, -0.05) is 45.0 Å². The Morgan fingerprint density at radius 1 is 1.11 bits per heavy atom. The van der Waals surface area contributed by atoms with Crippen LogP contribution in [0.1, 0.15) is 56.3 Å². The van der Waals surface area contributed by atoms with Crippen LogP contribution in [-0.2, 0) is 16.0 Å². The number of halogens is 1. The Morgan fingerprint density at radius 2 is 1.87 bits per heavy atom. The molecule has 6 nitrogen and oxygen atoms in total. The summed E-state index contributed by atoms with van der Waals surface area (Å²) in [4.78, 5) is 32.6. The number of carbonyl (C=O) groups excluding carboxylic acids is 2. The Balaban J connectivity index is 1.59. The molecule has 2 aliphatic rings. The van der Waals surface area contributed by atoms with E-state index in [2.05, 4.69) is 11.5 Å². The minimum Gasteiger partial charge on any atom is -0.481 e. The lowest BCUT2D eigenvalue weighted by Gasteiger charge is -2.38. The van der Waals surface area contributed by atoms with E-state index in [1.807, 2.05) is 60.9 Å². The third-order valence-corrected chi connectivity index (χ3v) is 7.41. The van der Waals surface area contributed by atoms with Crippen molar-refractivity contribution in [3.8, 4) is 5.75 Å². The Hall–Kier alpha value is -3.19. The largest absolute Gasteiger partial charge is 0.481 e. The SMILES string of the molecule is C=CCN1CCN(C(=O)[C@@H](CC)Oc2ccc3c(c2)[C@H](c2cccc(F)c2)N(C(=O)CC(C)C)CC3)CC1. The molecule has 0 aromatic heterocycles. The van der Waals surface area contributed by atoms with Gasteiger partial charge >= 0.3 is 0 Å². The second-order valence-corrected chi connectivity index (χ2v) is 10.7. The van der Waals surface area contributed by atoms with Gasteiger partial charge in [0.05, 0.1) is 6.04 Å². The predicted molar refractivity (Wildman–Crippen MR) is 147 cm³/mol. The van der Waals surface area contributed by atoms with Crippen molar-refractivity contribution >= 4 is 11.8 Å². The highest BCUT2D eigenvalue weighted by molar-refractivity contribution is 5.81. The predicted octanol–water partition coefficient (Wildman–Crippen LogP) is 4.83. The zero-order valence-corrected chi connectivity index (χ0v) is 22.9. The molecule has 2 heterocycles. The number of benzene rings is 2. The Labute approximate surface area is 226 Å². The van der Waals surface area contributed by atoms with Crippen LogP contribution in [0.15, 0.2) is 55.1 Å². The second-order valence-electron chi connectivity index (χ2n) is 10.7. The molecular formula is C31H40FN3O3. The van der Waals surface area contributed by atoms with E-state index in [0.29, 0.717) is 38.2 Å². The molecule has 0 spiro atoms. The summed E-state index contributed by atoms with van der Waals surface area (Å²) in [6.07, 6.45) is 3.00. The van der Waals surface area contributed by atoms with Crippen molar-refractivity contribution in [1.82, 2.24) is 14.7 Å². The highest BCUT2D eigenvalue weighted by Crippen LogP contribution is 2.38. The summed E-state index contributed by atoms with van der Waals surface area (Å²) < 4.78 is 20.6. The normalized spacial score (nSPS) is 18.7. The summed E-state index contributed by atoms with van der Waals surface area (Å²) in [7, 11) is 0. The molecule has 0 N–H and O–H groups in total. The second kappa shape index (κ2) is 12.6. The summed E-state index contributed by atoms with van der Waals surface area (Å²) >= 11 is 0. The Bertz CT molecular complexity index is 1140. The molecule has 2 aliphatic heterocycles. The van der Waals surface area contributed by atoms with Gasteiger partial charge in [-0.05, 0) is 59.7 Å². The summed E-state index contributed by atoms with van der Waals surface area (Å²) in [6, 6.07) is 11.9. The molecule has 38 heavy (non-hydrogen) atoms. The van der Waals surface area contributed by atoms with E-state index in [0.717, 1.165) is 42.7 Å². The fraction of sp³-hybridized carbons (Fsp3) is 0.484. The summed E-state index contributed by atoms with van der Waals surface area (Å²) in [5.41, 5.74) is 2.77. The van der Waals surface area contributed by atoms with Gasteiger partial charge in [0.2, 0.25) is 5.91 Å². The smallest absolute Gasteiger partial charge is 0.263 e. The van der Waals surface area contributed by atoms with E-state index in [4.69, 9.17) is 4.74 Å². The van der Waals surface area contributed by atoms with Crippen molar-refractivity contribution in [2.24, 2.45) is 5.92 Å². The molecular weight excluding hydrogens is 481 g/mol. The first-order valence-electron chi connectivity index (χ1n) is 13.8. The van der Waals surface area contributed by atoms with Gasteiger partial charge in [-0.25, -0.2) is 4.39 Å². The van der Waals surface area contributed by atoms with Crippen LogP contribution >= 0.6 is 0 Å². The number of nitrogens with zero attached hydrogens (tertiary/aromatic N) is 3. The molecule has 1 fully saturated rings. The Morgan fingerprint density at radius 3 is 2.53 bits per heavy atom. The van der Waals surface area contributed by atoms with Crippen LogP contribution in [0.2, 0.25) is 0 Å². The number of hydrogen-bond acceptors (Lipinski definition) is 4. The van der Waals surface area contributed by atoms with Crippen molar-refractivity contribution in [3.63, 3.8) is 0 Å². The lowest BCUT2D eigenvalue weighted by Crippen LogP contribution is -2.52. The van der Waals surface area contributed by atoms with Crippen molar-refractivity contribution in [3.05, 3.63) is 77.6 Å². The average molecular weight is 522 g/mol. The first-order valence-corrected chi connectivity index (χ1v) is 13.8. The van der Waals surface area contributed by atoms with Crippen LogP contribution in [0.4, 0.5) is 4.39 Å². The fourth-order valence-electron chi connectivity index (χ4n) is 5.45. The minimum absolute atomic E-state index is 0.00103. The van der Waals surface area contributed by atoms with Crippen LogP contribution in [0.5, 0.6) is 5.75 Å². The molecule has 2 amide bonds. The molecule has 2 aromatic rings. The summed E-state index contributed by atoms with van der Waals surface area (Å²) in [5.74, 6) is 0.543. The van der Waals surface area contributed by atoms with Gasteiger partial charge in [0.1, 0.15) is 11.6 Å². The van der Waals surface area contributed by atoms with Gasteiger partial charge in [-0.2, -0.15) is 0 Å². The van der Waals surface area contributed by atoms with Crippen molar-refractivity contribution in [2.75, 3.05) is 39.3 Å². The number of ether oxygens (including phenoxy) is 1. The first-order chi connectivity index (χ1) is 18.3. The molecule has 1 saturated heterocycles. The molecule has 0 saturated carbocycles. The number of amides is 2. The maximum atomic E-state index is 14.3. The zero-order chi connectivity index (χ0) is 27.2. The van der Waals surface area contributed by atoms with Gasteiger partial charge in [0, 0.05) is 45.7 Å². The van der Waals surface area contributed by atoms with E-state index < -0.39 is 12.1 Å². The number of hydrogen-bond donors (Lipinski definition) is 0. The number of carbonyl (C=O) groups is 2. The van der Waals surface area contributed by atoms with Crippen molar-refractivity contribution in [1.29, 1.82) is 0 Å². The standard InChI is InChI=1S/C31H40FN3O3/c1-5-13-33-15-17-34(18-16-33)31(37)28(6-2)38-26-11-10-23-12-14-35(29(36)19-22(3)4)30(27(23)21-26)24-8-7-9-25(32)20-24/h5,7-11,20-22,28,30H,1,6,12-19H2,2-4H3/t28-,30+/m1/s1. The molecule has 7 heteroatoms. The van der Waals surface area contributed by atoms with E-state index >= 15 is 0 Å². The maximum absolute atomic E-state index is 14.3. The van der Waals surface area contributed by atoms with E-state index in [-0.39, 0.29) is 23.5 Å². The monoisotopic (exact) mass is 521 g/mol. The quantitative estimate of drug-likeness (QED) is 0.444.